The van der Waals surface area contributed by atoms with E-state index in [9.17, 15) is 9.59 Å². The van der Waals surface area contributed by atoms with Gasteiger partial charge < -0.3 is 20.8 Å². The van der Waals surface area contributed by atoms with Gasteiger partial charge in [0.15, 0.2) is 0 Å². The summed E-state index contributed by atoms with van der Waals surface area (Å²) in [5.41, 5.74) is 8.01. The van der Waals surface area contributed by atoms with Crippen LogP contribution in [0, 0.1) is 5.92 Å². The molecule has 1 atom stereocenters. The Morgan fingerprint density at radius 2 is 1.55 bits per heavy atom. The van der Waals surface area contributed by atoms with E-state index in [4.69, 9.17) is 10.5 Å². The van der Waals surface area contributed by atoms with Crippen LogP contribution in [0.5, 0.6) is 11.5 Å². The summed E-state index contributed by atoms with van der Waals surface area (Å²) >= 11 is 0. The molecule has 0 saturated carbocycles. The fraction of sp³-hybridized carbons (Fsp3) is 0.192. The molecule has 0 radical (unpaired) electrons. The molecule has 4 N–H and O–H groups in total. The van der Waals surface area contributed by atoms with Crippen molar-refractivity contribution in [3.63, 3.8) is 0 Å². The average Bonchev–Trinajstić information content (AvgIpc) is 3.23. The summed E-state index contributed by atoms with van der Waals surface area (Å²) in [4.78, 5) is 32.1. The number of rotatable bonds is 8. The highest BCUT2D eigenvalue weighted by Crippen LogP contribution is 2.24. The second-order valence-electron chi connectivity index (χ2n) is 8.31. The van der Waals surface area contributed by atoms with E-state index in [1.54, 1.807) is 48.5 Å². The average molecular weight is 443 g/mol. The number of ether oxygens (including phenoxy) is 1. The number of hydrogen-bond acceptors (Lipinski definition) is 4. The van der Waals surface area contributed by atoms with E-state index in [1.165, 1.54) is 0 Å². The van der Waals surface area contributed by atoms with Gasteiger partial charge in [-0.3, -0.25) is 9.59 Å². The lowest BCUT2D eigenvalue weighted by molar-refractivity contribution is 0.0929. The van der Waals surface area contributed by atoms with Crippen LogP contribution in [0.25, 0.3) is 11.0 Å². The molecule has 3 aromatic carbocycles. The number of primary amides is 1. The smallest absolute Gasteiger partial charge is 0.251 e. The first-order valence-electron chi connectivity index (χ1n) is 10.8. The number of nitrogens with one attached hydrogen (secondary N) is 2. The van der Waals surface area contributed by atoms with E-state index in [2.05, 4.69) is 29.1 Å². The molecule has 0 spiro atoms. The molecule has 1 heterocycles. The number of para-hydroxylation sites is 2. The Bertz CT molecular complexity index is 1230. The van der Waals surface area contributed by atoms with E-state index in [1.807, 2.05) is 24.3 Å². The Hall–Kier alpha value is -4.13. The molecule has 33 heavy (non-hydrogen) atoms. The van der Waals surface area contributed by atoms with Crippen LogP contribution in [0.3, 0.4) is 0 Å². The number of carbonyl (C=O) groups excluding carboxylic acids is 2. The molecule has 0 fully saturated rings. The lowest BCUT2D eigenvalue weighted by Crippen LogP contribution is -2.30. The van der Waals surface area contributed by atoms with Crippen molar-refractivity contribution in [2.45, 2.75) is 26.3 Å². The number of aromatic nitrogens is 2. The minimum absolute atomic E-state index is 0.182. The molecule has 0 bridgehead atoms. The second kappa shape index (κ2) is 9.56. The highest BCUT2D eigenvalue weighted by Gasteiger charge is 2.20. The van der Waals surface area contributed by atoms with Crippen molar-refractivity contribution in [2.24, 2.45) is 11.7 Å². The number of benzene rings is 3. The summed E-state index contributed by atoms with van der Waals surface area (Å²) in [6, 6.07) is 21.0. The fourth-order valence-electron chi connectivity index (χ4n) is 3.59. The van der Waals surface area contributed by atoms with E-state index < -0.39 is 5.91 Å². The monoisotopic (exact) mass is 442 g/mol. The zero-order valence-electron chi connectivity index (χ0n) is 18.5. The summed E-state index contributed by atoms with van der Waals surface area (Å²) in [7, 11) is 0. The van der Waals surface area contributed by atoms with Crippen molar-refractivity contribution in [3.8, 4) is 11.5 Å². The molecule has 1 unspecified atom stereocenters. The Labute approximate surface area is 192 Å². The first-order valence-corrected chi connectivity index (χ1v) is 10.8. The Morgan fingerprint density at radius 1 is 0.939 bits per heavy atom. The van der Waals surface area contributed by atoms with Gasteiger partial charge in [0.2, 0.25) is 5.91 Å². The second-order valence-corrected chi connectivity index (χ2v) is 8.31. The van der Waals surface area contributed by atoms with Gasteiger partial charge in [0.25, 0.3) is 5.91 Å². The molecule has 2 amide bonds. The normalized spacial score (nSPS) is 12.0. The molecule has 7 nitrogen and oxygen atoms in total. The number of hydrogen-bond donors (Lipinski definition) is 3. The number of imidazole rings is 1. The summed E-state index contributed by atoms with van der Waals surface area (Å²) in [6.45, 7) is 4.23. The van der Waals surface area contributed by atoms with Crippen LogP contribution in [0.15, 0.2) is 72.8 Å². The molecule has 0 aliphatic carbocycles. The number of nitrogens with zero attached hydrogens (tertiary/aromatic N) is 1. The lowest BCUT2D eigenvalue weighted by atomic mass is 10.0. The number of aromatic amines is 1. The molecule has 4 rings (SSSR count). The maximum atomic E-state index is 13.0. The van der Waals surface area contributed by atoms with Crippen molar-refractivity contribution < 1.29 is 14.3 Å². The van der Waals surface area contributed by atoms with Crippen LogP contribution < -0.4 is 15.8 Å². The van der Waals surface area contributed by atoms with Crippen molar-refractivity contribution in [2.75, 3.05) is 0 Å². The Balaban J connectivity index is 1.46. The molecule has 0 saturated heterocycles. The molecule has 4 aromatic rings. The zero-order valence-corrected chi connectivity index (χ0v) is 18.5. The van der Waals surface area contributed by atoms with Gasteiger partial charge in [-0.25, -0.2) is 4.98 Å². The predicted octanol–water partition coefficient (Wildman–Crippen LogP) is 4.97. The minimum Gasteiger partial charge on any atom is -0.457 e. The van der Waals surface area contributed by atoms with Crippen LogP contribution in [0.4, 0.5) is 0 Å². The molecule has 0 aliphatic heterocycles. The van der Waals surface area contributed by atoms with E-state index in [0.29, 0.717) is 28.5 Å². The first kappa shape index (κ1) is 22.1. The third kappa shape index (κ3) is 5.38. The van der Waals surface area contributed by atoms with Crippen LogP contribution in [-0.4, -0.2) is 21.8 Å². The molecule has 168 valence electrons. The molecule has 7 heteroatoms. The highest BCUT2D eigenvalue weighted by molar-refractivity contribution is 5.94. The zero-order chi connectivity index (χ0) is 23.4. The van der Waals surface area contributed by atoms with Crippen molar-refractivity contribution in [1.82, 2.24) is 15.3 Å². The molecule has 1 aromatic heterocycles. The minimum atomic E-state index is -0.490. The number of H-pyrrole nitrogens is 1. The van der Waals surface area contributed by atoms with Gasteiger partial charge >= 0.3 is 0 Å². The summed E-state index contributed by atoms with van der Waals surface area (Å²) in [5, 5.41) is 3.11. The van der Waals surface area contributed by atoms with Crippen LogP contribution in [0.1, 0.15) is 52.9 Å². The SMILES string of the molecule is CC(C)CC(NC(=O)c1ccc(Oc2ccc(C(N)=O)cc2)cc1)c1nc2ccccc2[nH]1. The van der Waals surface area contributed by atoms with E-state index >= 15 is 0 Å². The van der Waals surface area contributed by atoms with Gasteiger partial charge in [0.1, 0.15) is 17.3 Å². The quantitative estimate of drug-likeness (QED) is 0.358. The van der Waals surface area contributed by atoms with Crippen molar-refractivity contribution in [1.29, 1.82) is 0 Å². The van der Waals surface area contributed by atoms with Crippen LogP contribution in [-0.2, 0) is 0 Å². The van der Waals surface area contributed by atoms with E-state index in [0.717, 1.165) is 23.3 Å². The number of amides is 2. The summed E-state index contributed by atoms with van der Waals surface area (Å²) < 4.78 is 5.79. The van der Waals surface area contributed by atoms with Gasteiger partial charge in [0, 0.05) is 11.1 Å². The lowest BCUT2D eigenvalue weighted by Gasteiger charge is -2.19. The standard InChI is InChI=1S/C26H26N4O3/c1-16(2)15-23(25-28-21-5-3-4-6-22(21)29-25)30-26(32)18-9-13-20(14-10-18)33-19-11-7-17(8-12-19)24(27)31/h3-14,16,23H,15H2,1-2H3,(H2,27,31)(H,28,29)(H,30,32). The van der Waals surface area contributed by atoms with Crippen molar-refractivity contribution >= 4 is 22.8 Å². The predicted molar refractivity (Wildman–Crippen MR) is 127 cm³/mol. The van der Waals surface area contributed by atoms with Crippen LogP contribution >= 0.6 is 0 Å². The van der Waals surface area contributed by atoms with Gasteiger partial charge in [-0.2, -0.15) is 0 Å². The number of fused-ring (bicyclic) bond motifs is 1. The topological polar surface area (TPSA) is 110 Å². The molecule has 0 aliphatic rings. The number of carbonyl (C=O) groups is 2. The Kier molecular flexibility index (Phi) is 6.40. The van der Waals surface area contributed by atoms with Gasteiger partial charge in [-0.05, 0) is 73.0 Å². The molecular weight excluding hydrogens is 416 g/mol. The largest absolute Gasteiger partial charge is 0.457 e. The third-order valence-electron chi connectivity index (χ3n) is 5.24. The fourth-order valence-corrected chi connectivity index (χ4v) is 3.59. The van der Waals surface area contributed by atoms with Crippen molar-refractivity contribution in [3.05, 3.63) is 89.7 Å². The van der Waals surface area contributed by atoms with Gasteiger partial charge in [0.05, 0.1) is 17.1 Å². The Morgan fingerprint density at radius 3 is 2.12 bits per heavy atom. The summed E-state index contributed by atoms with van der Waals surface area (Å²) in [6.07, 6.45) is 0.758. The van der Waals surface area contributed by atoms with Crippen LogP contribution in [0.2, 0.25) is 0 Å². The number of nitrogens with two attached hydrogens (primary N) is 1. The summed E-state index contributed by atoms with van der Waals surface area (Å²) in [5.74, 6) is 1.60. The maximum Gasteiger partial charge on any atom is 0.251 e. The van der Waals surface area contributed by atoms with E-state index in [-0.39, 0.29) is 11.9 Å². The first-order chi connectivity index (χ1) is 15.9. The third-order valence-corrected chi connectivity index (χ3v) is 5.24. The molecular formula is C26H26N4O3. The van der Waals surface area contributed by atoms with Gasteiger partial charge in [-0.15, -0.1) is 0 Å². The van der Waals surface area contributed by atoms with Gasteiger partial charge in [-0.1, -0.05) is 26.0 Å². The highest BCUT2D eigenvalue weighted by atomic mass is 16.5. The maximum absolute atomic E-state index is 13.0.